The molecule has 1 amide bonds. The Morgan fingerprint density at radius 3 is 1.94 bits per heavy atom. The lowest BCUT2D eigenvalue weighted by Gasteiger charge is -2.20. The van der Waals surface area contributed by atoms with Gasteiger partial charge in [0.2, 0.25) is 5.75 Å². The third-order valence-corrected chi connectivity index (χ3v) is 9.09. The van der Waals surface area contributed by atoms with Gasteiger partial charge < -0.3 is 18.8 Å². The molecule has 0 atom stereocenters. The van der Waals surface area contributed by atoms with E-state index in [0.717, 1.165) is 16.6 Å². The highest BCUT2D eigenvalue weighted by Crippen LogP contribution is 2.47. The van der Waals surface area contributed by atoms with Crippen LogP contribution in [0, 0.1) is 0 Å². The van der Waals surface area contributed by atoms with Gasteiger partial charge in [-0.2, -0.15) is 0 Å². The summed E-state index contributed by atoms with van der Waals surface area (Å²) < 4.78 is 19.9. The molecule has 0 radical (unpaired) electrons. The van der Waals surface area contributed by atoms with E-state index in [9.17, 15) is 9.59 Å². The van der Waals surface area contributed by atoms with Gasteiger partial charge in [-0.25, -0.2) is 0 Å². The number of para-hydroxylation sites is 4. The molecule has 7 rings (SSSR count). The number of aromatic nitrogens is 1. The van der Waals surface area contributed by atoms with Crippen molar-refractivity contribution >= 4 is 73.9 Å². The molecular weight excluding hydrogens is 647 g/mol. The van der Waals surface area contributed by atoms with Crippen molar-refractivity contribution in [3.05, 3.63) is 135 Å². The number of carbonyl (C=O) groups is 1. The predicted molar refractivity (Wildman–Crippen MR) is 193 cm³/mol. The van der Waals surface area contributed by atoms with Crippen LogP contribution in [0.1, 0.15) is 17.5 Å². The van der Waals surface area contributed by atoms with E-state index in [-0.39, 0.29) is 11.3 Å². The number of fused-ring (bicyclic) bond motifs is 3. The molecule has 0 spiro atoms. The second-order valence-corrected chi connectivity index (χ2v) is 12.1. The van der Waals surface area contributed by atoms with Crippen LogP contribution in [0.15, 0.2) is 108 Å². The fraction of sp³-hybridized carbons (Fsp3) is 0.128. The largest absolute Gasteiger partial charge is 0.493 e. The highest BCUT2D eigenvalue weighted by Gasteiger charge is 2.35. The van der Waals surface area contributed by atoms with Gasteiger partial charge in [-0.3, -0.25) is 14.5 Å². The number of hydrogen-bond acceptors (Lipinski definition) is 5. The SMILES string of the molecule is COc1cc(/C=C2\C(=O)N(c3c(Cl)cccc3Cl)c3ccccc32)cc(OC)c1OCCCn1c2ccccc2c(=O)c2ccccc21. The van der Waals surface area contributed by atoms with Crippen LogP contribution in [-0.4, -0.2) is 31.3 Å². The monoisotopic (exact) mass is 676 g/mol. The quantitative estimate of drug-likeness (QED) is 0.0868. The molecule has 6 aromatic rings. The summed E-state index contributed by atoms with van der Waals surface area (Å²) >= 11 is 13.1. The number of aryl methyl sites for hydroxylation is 1. The standard InChI is InChI=1S/C39H30Cl2N2O5/c1-46-34-22-24(21-28-25-11-3-8-18-33(25)43(39(28)45)36-29(40)14-9-15-30(36)41)23-35(47-2)38(34)48-20-10-19-42-31-16-6-4-12-26(31)37(44)27-13-5-7-17-32(27)42/h3-9,11-18,21-23H,10,19-20H2,1-2H3/b28-21-. The van der Waals surface area contributed by atoms with Gasteiger partial charge in [0.15, 0.2) is 16.9 Å². The van der Waals surface area contributed by atoms with E-state index in [0.29, 0.717) is 80.2 Å². The normalized spacial score (nSPS) is 13.4. The van der Waals surface area contributed by atoms with Crippen molar-refractivity contribution in [3.63, 3.8) is 0 Å². The average Bonchev–Trinajstić information content (AvgIpc) is 3.38. The van der Waals surface area contributed by atoms with Crippen LogP contribution in [0.2, 0.25) is 10.0 Å². The lowest BCUT2D eigenvalue weighted by atomic mass is 10.0. The maximum absolute atomic E-state index is 14.0. The summed E-state index contributed by atoms with van der Waals surface area (Å²) in [5.74, 6) is 1.13. The summed E-state index contributed by atoms with van der Waals surface area (Å²) in [4.78, 5) is 28.6. The van der Waals surface area contributed by atoms with Crippen LogP contribution in [0.3, 0.4) is 0 Å². The van der Waals surface area contributed by atoms with E-state index in [1.807, 2.05) is 84.9 Å². The van der Waals surface area contributed by atoms with Gasteiger partial charge in [-0.15, -0.1) is 0 Å². The number of nitrogens with zero attached hydrogens (tertiary/aromatic N) is 2. The third-order valence-electron chi connectivity index (χ3n) is 8.48. The maximum atomic E-state index is 14.0. The Hall–Kier alpha value is -5.24. The second kappa shape index (κ2) is 13.1. The Bertz CT molecular complexity index is 2210. The molecule has 9 heteroatoms. The number of amides is 1. The van der Waals surface area contributed by atoms with E-state index < -0.39 is 0 Å². The van der Waals surface area contributed by atoms with E-state index in [1.54, 1.807) is 43.4 Å². The van der Waals surface area contributed by atoms with Gasteiger partial charge in [0.05, 0.1) is 58.9 Å². The summed E-state index contributed by atoms with van der Waals surface area (Å²) in [7, 11) is 3.13. The molecule has 2 heterocycles. The zero-order valence-corrected chi connectivity index (χ0v) is 27.7. The minimum Gasteiger partial charge on any atom is -0.493 e. The molecule has 7 nitrogen and oxygen atoms in total. The first kappa shape index (κ1) is 31.4. The van der Waals surface area contributed by atoms with Gasteiger partial charge in [0.1, 0.15) is 0 Å². The van der Waals surface area contributed by atoms with Crippen molar-refractivity contribution < 1.29 is 19.0 Å². The molecule has 1 aliphatic heterocycles. The Balaban J connectivity index is 1.17. The highest BCUT2D eigenvalue weighted by atomic mass is 35.5. The van der Waals surface area contributed by atoms with Gasteiger partial charge in [-0.05, 0) is 72.7 Å². The molecule has 0 unspecified atom stereocenters. The fourth-order valence-electron chi connectivity index (χ4n) is 6.31. The van der Waals surface area contributed by atoms with Crippen LogP contribution >= 0.6 is 23.2 Å². The molecule has 48 heavy (non-hydrogen) atoms. The molecule has 0 N–H and O–H groups in total. The molecule has 0 bridgehead atoms. The fourth-order valence-corrected chi connectivity index (χ4v) is 6.88. The molecule has 240 valence electrons. The van der Waals surface area contributed by atoms with E-state index >= 15 is 0 Å². The van der Waals surface area contributed by atoms with Gasteiger partial charge >= 0.3 is 0 Å². The first-order valence-corrected chi connectivity index (χ1v) is 16.2. The molecule has 0 fully saturated rings. The van der Waals surface area contributed by atoms with Crippen molar-refractivity contribution in [2.75, 3.05) is 25.7 Å². The van der Waals surface area contributed by atoms with Crippen LogP contribution < -0.4 is 24.5 Å². The number of halogens is 2. The van der Waals surface area contributed by atoms with E-state index in [2.05, 4.69) is 4.57 Å². The van der Waals surface area contributed by atoms with Gasteiger partial charge in [-0.1, -0.05) is 71.7 Å². The zero-order valence-electron chi connectivity index (χ0n) is 26.2. The summed E-state index contributed by atoms with van der Waals surface area (Å²) in [5.41, 5.74) is 4.82. The third kappa shape index (κ3) is 5.45. The molecule has 0 aliphatic carbocycles. The van der Waals surface area contributed by atoms with Crippen molar-refractivity contribution in [1.82, 2.24) is 4.57 Å². The van der Waals surface area contributed by atoms with E-state index in [4.69, 9.17) is 37.4 Å². The molecular formula is C39H30Cl2N2O5. The molecule has 0 saturated heterocycles. The number of carbonyl (C=O) groups excluding carboxylic acids is 1. The first-order valence-electron chi connectivity index (χ1n) is 15.4. The number of anilines is 2. The van der Waals surface area contributed by atoms with Gasteiger partial charge in [0.25, 0.3) is 5.91 Å². The van der Waals surface area contributed by atoms with Crippen LogP contribution in [0.4, 0.5) is 11.4 Å². The number of pyridine rings is 1. The molecule has 0 saturated carbocycles. The number of ether oxygens (including phenoxy) is 3. The Morgan fingerprint density at radius 2 is 1.31 bits per heavy atom. The minimum atomic E-state index is -0.257. The number of benzene rings is 5. The Labute approximate surface area is 287 Å². The summed E-state index contributed by atoms with van der Waals surface area (Å²) in [5, 5.41) is 2.12. The minimum absolute atomic E-state index is 0.0291. The van der Waals surface area contributed by atoms with Gasteiger partial charge in [0, 0.05) is 22.9 Å². The average molecular weight is 678 g/mol. The smallest absolute Gasteiger partial charge is 0.263 e. The van der Waals surface area contributed by atoms with Crippen LogP contribution in [0.25, 0.3) is 33.5 Å². The van der Waals surface area contributed by atoms with Crippen molar-refractivity contribution in [2.45, 2.75) is 13.0 Å². The van der Waals surface area contributed by atoms with Crippen molar-refractivity contribution in [2.24, 2.45) is 0 Å². The second-order valence-electron chi connectivity index (χ2n) is 11.3. The van der Waals surface area contributed by atoms with Crippen molar-refractivity contribution in [3.8, 4) is 17.2 Å². The predicted octanol–water partition coefficient (Wildman–Crippen LogP) is 9.17. The Morgan fingerprint density at radius 1 is 0.729 bits per heavy atom. The van der Waals surface area contributed by atoms with Crippen molar-refractivity contribution in [1.29, 1.82) is 0 Å². The number of hydrogen-bond donors (Lipinski definition) is 0. The summed E-state index contributed by atoms with van der Waals surface area (Å²) in [6, 6.07) is 31.6. The number of rotatable bonds is 9. The van der Waals surface area contributed by atoms with Crippen LogP contribution in [0.5, 0.6) is 17.2 Å². The Kier molecular flexibility index (Phi) is 8.56. The molecule has 1 aliphatic rings. The lowest BCUT2D eigenvalue weighted by Crippen LogP contribution is -2.21. The molecule has 5 aromatic carbocycles. The maximum Gasteiger partial charge on any atom is 0.263 e. The topological polar surface area (TPSA) is 70.0 Å². The first-order chi connectivity index (χ1) is 23.4. The number of methoxy groups -OCH3 is 2. The zero-order chi connectivity index (χ0) is 33.4. The van der Waals surface area contributed by atoms with E-state index in [1.165, 1.54) is 0 Å². The van der Waals surface area contributed by atoms with Crippen LogP contribution in [-0.2, 0) is 11.3 Å². The highest BCUT2D eigenvalue weighted by molar-refractivity contribution is 6.44. The molecule has 1 aromatic heterocycles. The summed E-state index contributed by atoms with van der Waals surface area (Å²) in [6.45, 7) is 0.991. The lowest BCUT2D eigenvalue weighted by molar-refractivity contribution is -0.112. The summed E-state index contributed by atoms with van der Waals surface area (Å²) in [6.07, 6.45) is 2.45.